The normalized spacial score (nSPS) is 10.0. The van der Waals surface area contributed by atoms with Crippen LogP contribution in [0.1, 0.15) is 31.4 Å². The minimum Gasteiger partial charge on any atom is -0.466 e. The molecule has 0 heterocycles. The van der Waals surface area contributed by atoms with Crippen molar-refractivity contribution in [2.75, 3.05) is 6.61 Å². The Morgan fingerprint density at radius 1 is 1.18 bits per heavy atom. The Hall–Kier alpha value is -1.64. The molecule has 1 aromatic carbocycles. The lowest BCUT2D eigenvalue weighted by atomic mass is 9.99. The zero-order chi connectivity index (χ0) is 12.7. The molecule has 0 radical (unpaired) electrons. The molecule has 0 fully saturated rings. The van der Waals surface area contributed by atoms with Gasteiger partial charge in [-0.2, -0.15) is 0 Å². The van der Waals surface area contributed by atoms with Gasteiger partial charge in [0.1, 0.15) is 5.78 Å². The lowest BCUT2D eigenvalue weighted by Crippen LogP contribution is -2.07. The van der Waals surface area contributed by atoms with Gasteiger partial charge in [0.05, 0.1) is 6.61 Å². The van der Waals surface area contributed by atoms with Gasteiger partial charge in [0.25, 0.3) is 0 Å². The van der Waals surface area contributed by atoms with Crippen LogP contribution in [0.5, 0.6) is 0 Å². The van der Waals surface area contributed by atoms with Gasteiger partial charge < -0.3 is 4.74 Å². The topological polar surface area (TPSA) is 43.4 Å². The summed E-state index contributed by atoms with van der Waals surface area (Å²) in [6.45, 7) is 3.63. The number of Topliss-reactive ketones (excluding diaryl/α,β-unsaturated/α-hetero) is 1. The van der Waals surface area contributed by atoms with Crippen LogP contribution in [0.2, 0.25) is 0 Å². The Balaban J connectivity index is 2.64. The molecule has 1 rings (SSSR count). The molecule has 3 nitrogen and oxygen atoms in total. The minimum atomic E-state index is -0.271. The minimum absolute atomic E-state index is 0.227. The third kappa shape index (κ3) is 4.81. The van der Waals surface area contributed by atoms with E-state index in [1.165, 1.54) is 6.92 Å². The lowest BCUT2D eigenvalue weighted by molar-refractivity contribution is -0.140. The number of hydrogen-bond acceptors (Lipinski definition) is 3. The van der Waals surface area contributed by atoms with E-state index in [2.05, 4.69) is 0 Å². The van der Waals surface area contributed by atoms with Crippen molar-refractivity contribution in [2.24, 2.45) is 0 Å². The highest BCUT2D eigenvalue weighted by molar-refractivity contribution is 5.80. The Bertz CT molecular complexity index is 396. The Morgan fingerprint density at radius 2 is 1.82 bits per heavy atom. The molecule has 1 aromatic rings. The molecule has 92 valence electrons. The van der Waals surface area contributed by atoms with Crippen molar-refractivity contribution in [1.29, 1.82) is 0 Å². The number of benzene rings is 1. The molecule has 0 aliphatic rings. The first-order valence-electron chi connectivity index (χ1n) is 5.85. The van der Waals surface area contributed by atoms with Gasteiger partial charge in [-0.15, -0.1) is 0 Å². The largest absolute Gasteiger partial charge is 0.466 e. The van der Waals surface area contributed by atoms with Crippen molar-refractivity contribution >= 4 is 11.8 Å². The van der Waals surface area contributed by atoms with Gasteiger partial charge in [0.2, 0.25) is 0 Å². The van der Waals surface area contributed by atoms with E-state index in [0.29, 0.717) is 25.9 Å². The molecule has 0 amide bonds. The highest BCUT2D eigenvalue weighted by Crippen LogP contribution is 2.11. The van der Waals surface area contributed by atoms with Crippen LogP contribution in [0.15, 0.2) is 24.3 Å². The number of carbonyl (C=O) groups is 2. The molecule has 17 heavy (non-hydrogen) atoms. The van der Waals surface area contributed by atoms with Crippen LogP contribution in [0.25, 0.3) is 0 Å². The van der Waals surface area contributed by atoms with Gasteiger partial charge in [-0.05, 0) is 11.1 Å². The van der Waals surface area contributed by atoms with Crippen LogP contribution in [0.3, 0.4) is 0 Å². The molecule has 0 aromatic heterocycles. The van der Waals surface area contributed by atoms with Crippen LogP contribution >= 0.6 is 0 Å². The maximum Gasteiger partial charge on any atom is 0.302 e. The summed E-state index contributed by atoms with van der Waals surface area (Å²) in [5, 5.41) is 0. The first kappa shape index (κ1) is 13.4. The van der Waals surface area contributed by atoms with Crippen molar-refractivity contribution in [3.63, 3.8) is 0 Å². The average molecular weight is 234 g/mol. The molecule has 0 aliphatic heterocycles. The highest BCUT2D eigenvalue weighted by Gasteiger charge is 2.06. The number of hydrogen-bond donors (Lipinski definition) is 0. The van der Waals surface area contributed by atoms with E-state index in [1.54, 1.807) is 0 Å². The number of rotatable bonds is 6. The monoisotopic (exact) mass is 234 g/mol. The fraction of sp³-hybridized carbons (Fsp3) is 0.429. The third-order valence-electron chi connectivity index (χ3n) is 2.58. The summed E-state index contributed by atoms with van der Waals surface area (Å²) in [4.78, 5) is 22.1. The number of ketones is 1. The summed E-state index contributed by atoms with van der Waals surface area (Å²) in [7, 11) is 0. The van der Waals surface area contributed by atoms with Crippen LogP contribution in [-0.2, 0) is 27.2 Å². The van der Waals surface area contributed by atoms with E-state index in [1.807, 2.05) is 31.2 Å². The molecule has 0 spiro atoms. The molecular weight excluding hydrogens is 216 g/mol. The molecule has 3 heteroatoms. The number of carbonyl (C=O) groups excluding carboxylic acids is 2. The van der Waals surface area contributed by atoms with Gasteiger partial charge >= 0.3 is 5.97 Å². The van der Waals surface area contributed by atoms with Gasteiger partial charge in [-0.25, -0.2) is 0 Å². The van der Waals surface area contributed by atoms with E-state index in [0.717, 1.165) is 11.1 Å². The second-order valence-corrected chi connectivity index (χ2v) is 3.93. The second-order valence-electron chi connectivity index (χ2n) is 3.93. The van der Waals surface area contributed by atoms with Crippen molar-refractivity contribution in [3.05, 3.63) is 35.4 Å². The molecule has 0 saturated heterocycles. The maximum absolute atomic E-state index is 11.4. The smallest absolute Gasteiger partial charge is 0.302 e. The standard InChI is InChI=1S/C14H18O3/c1-3-14(16)10-13-7-5-4-6-12(13)8-9-17-11(2)15/h4-7H,3,8-10H2,1-2H3. The number of ether oxygens (including phenoxy) is 1. The van der Waals surface area contributed by atoms with Crippen molar-refractivity contribution < 1.29 is 14.3 Å². The summed E-state index contributed by atoms with van der Waals surface area (Å²) < 4.78 is 4.91. The predicted molar refractivity (Wildman–Crippen MR) is 65.8 cm³/mol. The molecule has 0 bridgehead atoms. The third-order valence-corrected chi connectivity index (χ3v) is 2.58. The SMILES string of the molecule is CCC(=O)Cc1ccccc1CCOC(C)=O. The average Bonchev–Trinajstić information content (AvgIpc) is 2.30. The molecule has 0 unspecified atom stereocenters. The molecule has 0 saturated carbocycles. The number of esters is 1. The fourth-order valence-corrected chi connectivity index (χ4v) is 1.62. The van der Waals surface area contributed by atoms with Gasteiger partial charge in [-0.1, -0.05) is 31.2 Å². The zero-order valence-corrected chi connectivity index (χ0v) is 10.4. The van der Waals surface area contributed by atoms with E-state index < -0.39 is 0 Å². The zero-order valence-electron chi connectivity index (χ0n) is 10.4. The van der Waals surface area contributed by atoms with E-state index in [4.69, 9.17) is 4.74 Å². The second kappa shape index (κ2) is 6.84. The van der Waals surface area contributed by atoms with Crippen molar-refractivity contribution in [2.45, 2.75) is 33.1 Å². The van der Waals surface area contributed by atoms with Crippen LogP contribution in [-0.4, -0.2) is 18.4 Å². The molecular formula is C14H18O3. The van der Waals surface area contributed by atoms with Crippen LogP contribution in [0.4, 0.5) is 0 Å². The first-order valence-corrected chi connectivity index (χ1v) is 5.85. The lowest BCUT2D eigenvalue weighted by Gasteiger charge is -2.08. The summed E-state index contributed by atoms with van der Waals surface area (Å²) in [5.74, 6) is -0.0444. The first-order chi connectivity index (χ1) is 8.13. The fourth-order valence-electron chi connectivity index (χ4n) is 1.62. The molecule has 0 atom stereocenters. The van der Waals surface area contributed by atoms with Crippen molar-refractivity contribution in [3.8, 4) is 0 Å². The van der Waals surface area contributed by atoms with Gasteiger partial charge in [0.15, 0.2) is 0 Å². The van der Waals surface area contributed by atoms with Gasteiger partial charge in [0, 0.05) is 26.2 Å². The summed E-state index contributed by atoms with van der Waals surface area (Å²) >= 11 is 0. The Labute approximate surface area is 102 Å². The Morgan fingerprint density at radius 3 is 2.41 bits per heavy atom. The molecule has 0 N–H and O–H groups in total. The maximum atomic E-state index is 11.4. The quantitative estimate of drug-likeness (QED) is 0.709. The summed E-state index contributed by atoms with van der Waals surface area (Å²) in [6.07, 6.45) is 1.68. The molecule has 0 aliphatic carbocycles. The van der Waals surface area contributed by atoms with Crippen LogP contribution < -0.4 is 0 Å². The highest BCUT2D eigenvalue weighted by atomic mass is 16.5. The van der Waals surface area contributed by atoms with Gasteiger partial charge in [-0.3, -0.25) is 9.59 Å². The van der Waals surface area contributed by atoms with E-state index in [-0.39, 0.29) is 11.8 Å². The van der Waals surface area contributed by atoms with Crippen LogP contribution in [0, 0.1) is 0 Å². The Kier molecular flexibility index (Phi) is 5.40. The van der Waals surface area contributed by atoms with Crippen molar-refractivity contribution in [1.82, 2.24) is 0 Å². The van der Waals surface area contributed by atoms with E-state index in [9.17, 15) is 9.59 Å². The predicted octanol–water partition coefficient (Wildman–Crippen LogP) is 2.31. The van der Waals surface area contributed by atoms with E-state index >= 15 is 0 Å². The summed E-state index contributed by atoms with van der Waals surface area (Å²) in [5.41, 5.74) is 2.11. The summed E-state index contributed by atoms with van der Waals surface area (Å²) in [6, 6.07) is 7.79.